The van der Waals surface area contributed by atoms with Gasteiger partial charge in [-0.1, -0.05) is 18.3 Å². The number of nitro groups is 1. The lowest BCUT2D eigenvalue weighted by atomic mass is 10.1. The molecule has 0 aliphatic carbocycles. The van der Waals surface area contributed by atoms with Crippen molar-refractivity contribution in [1.29, 1.82) is 0 Å². The van der Waals surface area contributed by atoms with Crippen LogP contribution in [0.4, 0.5) is 5.69 Å². The van der Waals surface area contributed by atoms with Gasteiger partial charge in [-0.15, -0.1) is 0 Å². The number of non-ortho nitro benzene ring substituents is 1. The normalized spacial score (nSPS) is 12.1. The molecule has 1 aromatic carbocycles. The monoisotopic (exact) mass is 307 g/mol. The summed E-state index contributed by atoms with van der Waals surface area (Å²) in [5, 5.41) is 20.7. The molecule has 0 saturated heterocycles. The van der Waals surface area contributed by atoms with Gasteiger partial charge in [0.15, 0.2) is 5.78 Å². The predicted octanol–water partition coefficient (Wildman–Crippen LogP) is 3.49. The van der Waals surface area contributed by atoms with Crippen molar-refractivity contribution in [3.8, 4) is 0 Å². The van der Waals surface area contributed by atoms with Crippen LogP contribution in [0, 0.1) is 10.1 Å². The zero-order chi connectivity index (χ0) is 16.2. The highest BCUT2D eigenvalue weighted by Gasteiger charge is 2.22. The molecule has 0 bridgehead atoms. The fourth-order valence-corrected chi connectivity index (χ4v) is 2.28. The third-order valence-corrected chi connectivity index (χ3v) is 3.91. The highest BCUT2D eigenvalue weighted by Crippen LogP contribution is 2.35. The van der Waals surface area contributed by atoms with Crippen LogP contribution in [0.1, 0.15) is 20.8 Å². The van der Waals surface area contributed by atoms with Gasteiger partial charge in [0.25, 0.3) is 5.69 Å². The number of allylic oxidation sites excluding steroid dienone is 2. The Morgan fingerprint density at radius 3 is 2.29 bits per heavy atom. The van der Waals surface area contributed by atoms with E-state index in [4.69, 9.17) is 0 Å². The Bertz CT molecular complexity index is 597. The summed E-state index contributed by atoms with van der Waals surface area (Å²) in [5.41, 5.74) is -0.829. The summed E-state index contributed by atoms with van der Waals surface area (Å²) in [6.45, 7) is 8.31. The summed E-state index contributed by atoms with van der Waals surface area (Å²) >= 11 is 1.19. The molecule has 0 aliphatic rings. The van der Waals surface area contributed by atoms with Crippen molar-refractivity contribution in [1.82, 2.24) is 0 Å². The van der Waals surface area contributed by atoms with Crippen molar-refractivity contribution in [3.63, 3.8) is 0 Å². The van der Waals surface area contributed by atoms with Crippen molar-refractivity contribution in [2.75, 3.05) is 0 Å². The number of hydrogen-bond donors (Lipinski definition) is 1. The van der Waals surface area contributed by atoms with Gasteiger partial charge in [0, 0.05) is 21.9 Å². The minimum Gasteiger partial charge on any atom is -0.385 e. The first-order valence-corrected chi connectivity index (χ1v) is 6.99. The fourth-order valence-electron chi connectivity index (χ4n) is 1.34. The van der Waals surface area contributed by atoms with Crippen LogP contribution in [0.3, 0.4) is 0 Å². The molecule has 0 aromatic heterocycles. The summed E-state index contributed by atoms with van der Waals surface area (Å²) in [4.78, 5) is 23.0. The Morgan fingerprint density at radius 2 is 1.90 bits per heavy atom. The second-order valence-electron chi connectivity index (χ2n) is 5.07. The molecule has 6 heteroatoms. The minimum atomic E-state index is -1.20. The largest absolute Gasteiger partial charge is 0.385 e. The van der Waals surface area contributed by atoms with Crippen LogP contribution in [0.15, 0.2) is 52.3 Å². The lowest BCUT2D eigenvalue weighted by Crippen LogP contribution is -2.21. The molecule has 0 unspecified atom stereocenters. The Kier molecular flexibility index (Phi) is 5.46. The van der Waals surface area contributed by atoms with Gasteiger partial charge in [-0.05, 0) is 44.6 Å². The van der Waals surface area contributed by atoms with Gasteiger partial charge in [-0.2, -0.15) is 0 Å². The van der Waals surface area contributed by atoms with E-state index in [1.807, 2.05) is 0 Å². The summed E-state index contributed by atoms with van der Waals surface area (Å²) in [6, 6.07) is 5.91. The number of nitrogens with zero attached hydrogens (tertiary/aromatic N) is 1. The van der Waals surface area contributed by atoms with Gasteiger partial charge in [0.05, 0.1) is 10.5 Å². The number of benzene rings is 1. The molecule has 0 radical (unpaired) electrons. The molecular weight excluding hydrogens is 290 g/mol. The average Bonchev–Trinajstić information content (AvgIpc) is 2.37. The van der Waals surface area contributed by atoms with E-state index in [-0.39, 0.29) is 11.5 Å². The van der Waals surface area contributed by atoms with Crippen molar-refractivity contribution in [2.24, 2.45) is 0 Å². The maximum absolute atomic E-state index is 11.7. The number of rotatable bonds is 6. The average molecular weight is 307 g/mol. The predicted molar refractivity (Wildman–Crippen MR) is 83.2 cm³/mol. The maximum atomic E-state index is 11.7. The highest BCUT2D eigenvalue weighted by atomic mass is 32.2. The van der Waals surface area contributed by atoms with E-state index >= 15 is 0 Å². The Labute approximate surface area is 127 Å². The SMILES string of the molecule is C=C(C)C(=O)/C=C(\Sc1ccc([N+](=O)[O-])cc1)C(C)(C)O. The summed E-state index contributed by atoms with van der Waals surface area (Å²) in [5.74, 6) is -0.262. The topological polar surface area (TPSA) is 80.4 Å². The van der Waals surface area contributed by atoms with Gasteiger partial charge >= 0.3 is 0 Å². The van der Waals surface area contributed by atoms with E-state index in [0.29, 0.717) is 15.4 Å². The molecule has 0 amide bonds. The molecule has 5 nitrogen and oxygen atoms in total. The molecule has 1 aromatic rings. The smallest absolute Gasteiger partial charge is 0.269 e. The summed E-state index contributed by atoms with van der Waals surface area (Å²) < 4.78 is 0. The second kappa shape index (κ2) is 6.69. The Balaban J connectivity index is 3.05. The van der Waals surface area contributed by atoms with Gasteiger partial charge in [-0.25, -0.2) is 0 Å². The van der Waals surface area contributed by atoms with Crippen molar-refractivity contribution in [3.05, 3.63) is 57.5 Å². The maximum Gasteiger partial charge on any atom is 0.269 e. The van der Waals surface area contributed by atoms with E-state index in [1.54, 1.807) is 32.9 Å². The van der Waals surface area contributed by atoms with E-state index in [0.717, 1.165) is 0 Å². The van der Waals surface area contributed by atoms with Crippen LogP contribution >= 0.6 is 11.8 Å². The number of aliphatic hydroxyl groups is 1. The van der Waals surface area contributed by atoms with Crippen LogP contribution < -0.4 is 0 Å². The third kappa shape index (κ3) is 5.17. The summed E-state index contributed by atoms with van der Waals surface area (Å²) in [7, 11) is 0. The van der Waals surface area contributed by atoms with Crippen LogP contribution in [-0.2, 0) is 4.79 Å². The standard InChI is InChI=1S/C15H17NO4S/c1-10(2)13(17)9-14(15(3,4)18)21-12-7-5-11(6-8-12)16(19)20/h5-9,18H,1H2,2-4H3/b14-9-. The van der Waals surface area contributed by atoms with Gasteiger partial charge in [-0.3, -0.25) is 14.9 Å². The van der Waals surface area contributed by atoms with Crippen LogP contribution in [0.5, 0.6) is 0 Å². The number of hydrogen-bond acceptors (Lipinski definition) is 5. The van der Waals surface area contributed by atoms with Crippen LogP contribution in [0.2, 0.25) is 0 Å². The van der Waals surface area contributed by atoms with Gasteiger partial charge < -0.3 is 5.11 Å². The van der Waals surface area contributed by atoms with E-state index in [9.17, 15) is 20.0 Å². The first-order chi connectivity index (χ1) is 9.61. The number of thioether (sulfide) groups is 1. The zero-order valence-corrected chi connectivity index (χ0v) is 12.9. The molecule has 21 heavy (non-hydrogen) atoms. The number of carbonyl (C=O) groups excluding carboxylic acids is 1. The molecule has 0 aliphatic heterocycles. The molecule has 0 fully saturated rings. The van der Waals surface area contributed by atoms with Crippen molar-refractivity contribution in [2.45, 2.75) is 31.3 Å². The lowest BCUT2D eigenvalue weighted by Gasteiger charge is -2.21. The number of nitro benzene ring substituents is 1. The minimum absolute atomic E-state index is 0.00819. The highest BCUT2D eigenvalue weighted by molar-refractivity contribution is 8.03. The quantitative estimate of drug-likeness (QED) is 0.376. The zero-order valence-electron chi connectivity index (χ0n) is 12.1. The molecule has 0 spiro atoms. The molecule has 0 saturated carbocycles. The van der Waals surface area contributed by atoms with Gasteiger partial charge in [0.2, 0.25) is 0 Å². The molecule has 1 rings (SSSR count). The fraction of sp³-hybridized carbons (Fsp3) is 0.267. The van der Waals surface area contributed by atoms with E-state index in [1.165, 1.54) is 30.0 Å². The van der Waals surface area contributed by atoms with Crippen molar-refractivity contribution >= 4 is 23.2 Å². The second-order valence-corrected chi connectivity index (χ2v) is 6.18. The van der Waals surface area contributed by atoms with Crippen molar-refractivity contribution < 1.29 is 14.8 Å². The summed E-state index contributed by atoms with van der Waals surface area (Å²) in [6.07, 6.45) is 1.34. The molecule has 1 N–H and O–H groups in total. The number of ketones is 1. The van der Waals surface area contributed by atoms with Gasteiger partial charge in [0.1, 0.15) is 0 Å². The molecule has 112 valence electrons. The first-order valence-electron chi connectivity index (χ1n) is 6.18. The number of carbonyl (C=O) groups is 1. The van der Waals surface area contributed by atoms with Crippen LogP contribution in [-0.4, -0.2) is 21.4 Å². The van der Waals surface area contributed by atoms with E-state index < -0.39 is 10.5 Å². The Hall–Kier alpha value is -1.92. The Morgan fingerprint density at radius 1 is 1.38 bits per heavy atom. The molecule has 0 heterocycles. The molecule has 0 atom stereocenters. The lowest BCUT2D eigenvalue weighted by molar-refractivity contribution is -0.384. The molecular formula is C15H17NO4S. The van der Waals surface area contributed by atoms with E-state index in [2.05, 4.69) is 6.58 Å². The van der Waals surface area contributed by atoms with Crippen LogP contribution in [0.25, 0.3) is 0 Å². The first kappa shape index (κ1) is 17.1. The third-order valence-electron chi connectivity index (χ3n) is 2.56.